The van der Waals surface area contributed by atoms with Crippen LogP contribution in [-0.2, 0) is 20.0 Å². The van der Waals surface area contributed by atoms with Crippen molar-refractivity contribution in [3.63, 3.8) is 0 Å². The number of likely N-dealkylation sites (tertiary alicyclic amines) is 1. The van der Waals surface area contributed by atoms with Crippen molar-refractivity contribution in [2.45, 2.75) is 44.6 Å². The fraction of sp³-hybridized carbons (Fsp3) is 0.526. The third-order valence-corrected chi connectivity index (χ3v) is 4.85. The van der Waals surface area contributed by atoms with E-state index in [1.165, 1.54) is 11.1 Å². The molecule has 6 heteroatoms. The average molecular weight is 343 g/mol. The van der Waals surface area contributed by atoms with Crippen LogP contribution in [0.2, 0.25) is 0 Å². The summed E-state index contributed by atoms with van der Waals surface area (Å²) < 4.78 is 13.7. The molecule has 0 bridgehead atoms. The van der Waals surface area contributed by atoms with E-state index in [0.717, 1.165) is 18.7 Å². The van der Waals surface area contributed by atoms with Gasteiger partial charge in [0.2, 0.25) is 0 Å². The van der Waals surface area contributed by atoms with Gasteiger partial charge >= 0.3 is 0 Å². The lowest BCUT2D eigenvalue weighted by atomic mass is 10.0. The first-order chi connectivity index (χ1) is 11.9. The molecule has 0 aliphatic carbocycles. The van der Waals surface area contributed by atoms with Crippen molar-refractivity contribution < 1.29 is 14.6 Å². The van der Waals surface area contributed by atoms with Crippen LogP contribution in [0.5, 0.6) is 11.5 Å². The van der Waals surface area contributed by atoms with Crippen LogP contribution < -0.4 is 9.47 Å². The molecule has 2 atom stereocenters. The van der Waals surface area contributed by atoms with Crippen LogP contribution in [0.1, 0.15) is 25.0 Å². The first-order valence-corrected chi connectivity index (χ1v) is 8.75. The molecule has 0 saturated carbocycles. The summed E-state index contributed by atoms with van der Waals surface area (Å²) in [5.74, 6) is 1.71. The predicted octanol–water partition coefficient (Wildman–Crippen LogP) is 1.76. The summed E-state index contributed by atoms with van der Waals surface area (Å²) in [6.07, 6.45) is 3.68. The highest BCUT2D eigenvalue weighted by Crippen LogP contribution is 2.38. The Bertz CT molecular complexity index is 771. The smallest absolute Gasteiger partial charge is 0.157 e. The standard InChI is InChI=1S/C19H25N3O3/c1-19(2)7-13-5-4-6-14(18(13)25-19)9-22-11-16(23)17(12-22)24-15-8-20-21(3)10-15/h4-6,8,10,16-17,23H,7,9,11-12H2,1-3H3/t16-,17-/m1/s1. The molecule has 1 N–H and O–H groups in total. The molecular weight excluding hydrogens is 318 g/mol. The van der Waals surface area contributed by atoms with Gasteiger partial charge in [-0.05, 0) is 19.4 Å². The van der Waals surface area contributed by atoms with E-state index in [-0.39, 0.29) is 11.7 Å². The molecule has 1 aromatic carbocycles. The van der Waals surface area contributed by atoms with Crippen LogP contribution in [0.3, 0.4) is 0 Å². The lowest BCUT2D eigenvalue weighted by molar-refractivity contribution is 0.0736. The molecule has 0 spiro atoms. The number of benzene rings is 1. The number of nitrogens with zero attached hydrogens (tertiary/aromatic N) is 3. The molecule has 2 aromatic rings. The second-order valence-corrected chi connectivity index (χ2v) is 7.71. The van der Waals surface area contributed by atoms with Crippen molar-refractivity contribution >= 4 is 0 Å². The summed E-state index contributed by atoms with van der Waals surface area (Å²) in [4.78, 5) is 2.22. The average Bonchev–Trinajstić information content (AvgIpc) is 3.17. The zero-order chi connectivity index (χ0) is 17.6. The van der Waals surface area contributed by atoms with Crippen molar-refractivity contribution in [3.05, 3.63) is 41.7 Å². The highest BCUT2D eigenvalue weighted by Gasteiger charge is 2.35. The van der Waals surface area contributed by atoms with Gasteiger partial charge in [0.05, 0.1) is 12.4 Å². The molecule has 0 unspecified atom stereocenters. The van der Waals surface area contributed by atoms with Gasteiger partial charge in [-0.25, -0.2) is 0 Å². The number of aryl methyl sites for hydroxylation is 1. The Balaban J connectivity index is 1.44. The van der Waals surface area contributed by atoms with Crippen molar-refractivity contribution in [2.24, 2.45) is 7.05 Å². The van der Waals surface area contributed by atoms with E-state index >= 15 is 0 Å². The molecule has 6 nitrogen and oxygen atoms in total. The number of aliphatic hydroxyl groups is 1. The molecule has 1 saturated heterocycles. The molecule has 4 rings (SSSR count). The summed E-state index contributed by atoms with van der Waals surface area (Å²) >= 11 is 0. The second kappa shape index (κ2) is 6.04. The number of fused-ring (bicyclic) bond motifs is 1. The Morgan fingerprint density at radius 2 is 2.20 bits per heavy atom. The topological polar surface area (TPSA) is 59.8 Å². The van der Waals surface area contributed by atoms with Gasteiger partial charge in [-0.2, -0.15) is 5.10 Å². The SMILES string of the molecule is Cn1cc(O[C@@H]2CN(Cc3cccc4c3OC(C)(C)C4)C[C@H]2O)cn1. The number of rotatable bonds is 4. The summed E-state index contributed by atoms with van der Waals surface area (Å²) in [5.41, 5.74) is 2.30. The van der Waals surface area contributed by atoms with Gasteiger partial charge in [-0.3, -0.25) is 9.58 Å². The summed E-state index contributed by atoms with van der Waals surface area (Å²) in [7, 11) is 1.85. The van der Waals surface area contributed by atoms with Gasteiger partial charge in [-0.1, -0.05) is 18.2 Å². The highest BCUT2D eigenvalue weighted by atomic mass is 16.5. The van der Waals surface area contributed by atoms with Crippen molar-refractivity contribution in [3.8, 4) is 11.5 Å². The number of aliphatic hydroxyl groups excluding tert-OH is 1. The number of ether oxygens (including phenoxy) is 2. The minimum Gasteiger partial charge on any atom is -0.487 e. The highest BCUT2D eigenvalue weighted by molar-refractivity contribution is 5.45. The fourth-order valence-corrected chi connectivity index (χ4v) is 3.76. The van der Waals surface area contributed by atoms with Gasteiger partial charge in [0.25, 0.3) is 0 Å². The van der Waals surface area contributed by atoms with E-state index in [0.29, 0.717) is 18.8 Å². The van der Waals surface area contributed by atoms with Gasteiger partial charge in [-0.15, -0.1) is 0 Å². The number of aromatic nitrogens is 2. The zero-order valence-electron chi connectivity index (χ0n) is 15.0. The molecule has 0 radical (unpaired) electrons. The van der Waals surface area contributed by atoms with Gasteiger partial charge in [0, 0.05) is 38.7 Å². The van der Waals surface area contributed by atoms with Crippen LogP contribution in [0, 0.1) is 0 Å². The fourth-order valence-electron chi connectivity index (χ4n) is 3.76. The molecular formula is C19H25N3O3. The minimum atomic E-state index is -0.505. The Kier molecular flexibility index (Phi) is 3.96. The maximum Gasteiger partial charge on any atom is 0.157 e. The Hall–Kier alpha value is -2.05. The minimum absolute atomic E-state index is 0.144. The number of hydrogen-bond acceptors (Lipinski definition) is 5. The summed E-state index contributed by atoms with van der Waals surface area (Å²) in [6, 6.07) is 6.34. The Labute approximate surface area is 148 Å². The normalized spacial score (nSPS) is 25.0. The van der Waals surface area contributed by atoms with Crippen molar-refractivity contribution in [1.82, 2.24) is 14.7 Å². The Morgan fingerprint density at radius 1 is 1.36 bits per heavy atom. The van der Waals surface area contributed by atoms with Gasteiger partial charge in [0.1, 0.15) is 23.6 Å². The largest absolute Gasteiger partial charge is 0.487 e. The first-order valence-electron chi connectivity index (χ1n) is 8.75. The lowest BCUT2D eigenvalue weighted by Gasteiger charge is -2.20. The van der Waals surface area contributed by atoms with E-state index in [1.54, 1.807) is 10.9 Å². The third-order valence-electron chi connectivity index (χ3n) is 4.85. The molecule has 2 aliphatic rings. The number of hydrogen-bond donors (Lipinski definition) is 1. The molecule has 1 aromatic heterocycles. The number of para-hydroxylation sites is 1. The van der Waals surface area contributed by atoms with Crippen LogP contribution >= 0.6 is 0 Å². The molecule has 134 valence electrons. The quantitative estimate of drug-likeness (QED) is 0.917. The molecule has 3 heterocycles. The predicted molar refractivity (Wildman–Crippen MR) is 93.8 cm³/mol. The maximum atomic E-state index is 10.4. The Morgan fingerprint density at radius 3 is 2.96 bits per heavy atom. The third kappa shape index (κ3) is 3.37. The van der Waals surface area contributed by atoms with Crippen molar-refractivity contribution in [1.29, 1.82) is 0 Å². The second-order valence-electron chi connectivity index (χ2n) is 7.71. The maximum absolute atomic E-state index is 10.4. The molecule has 0 amide bonds. The van der Waals surface area contributed by atoms with E-state index in [2.05, 4.69) is 42.0 Å². The van der Waals surface area contributed by atoms with Gasteiger partial charge < -0.3 is 14.6 Å². The van der Waals surface area contributed by atoms with Crippen LogP contribution in [0.15, 0.2) is 30.6 Å². The summed E-state index contributed by atoms with van der Waals surface area (Å²) in [5, 5.41) is 14.5. The number of β-amino-alcohol motifs (C(OH)–C–C–N with tert-alkyl or cyclic N) is 1. The van der Waals surface area contributed by atoms with Crippen LogP contribution in [0.4, 0.5) is 0 Å². The molecule has 1 fully saturated rings. The van der Waals surface area contributed by atoms with Crippen molar-refractivity contribution in [2.75, 3.05) is 13.1 Å². The van der Waals surface area contributed by atoms with Crippen LogP contribution in [0.25, 0.3) is 0 Å². The van der Waals surface area contributed by atoms with E-state index < -0.39 is 6.10 Å². The first kappa shape index (κ1) is 16.4. The zero-order valence-corrected chi connectivity index (χ0v) is 15.0. The van der Waals surface area contributed by atoms with Gasteiger partial charge in [0.15, 0.2) is 5.75 Å². The van der Waals surface area contributed by atoms with Crippen LogP contribution in [-0.4, -0.2) is 50.7 Å². The molecule has 25 heavy (non-hydrogen) atoms. The van der Waals surface area contributed by atoms with E-state index in [9.17, 15) is 5.11 Å². The molecule has 2 aliphatic heterocycles. The van der Waals surface area contributed by atoms with E-state index in [1.807, 2.05) is 13.2 Å². The lowest BCUT2D eigenvalue weighted by Crippen LogP contribution is -2.29. The van der Waals surface area contributed by atoms with E-state index in [4.69, 9.17) is 9.47 Å². The monoisotopic (exact) mass is 343 g/mol. The summed E-state index contributed by atoms with van der Waals surface area (Å²) in [6.45, 7) is 6.27.